The first-order chi connectivity index (χ1) is 20.2. The Kier molecular flexibility index (Phi) is 6.99. The molecule has 1 aliphatic rings. The molecule has 0 radical (unpaired) electrons. The third-order valence-electron chi connectivity index (χ3n) is 7.18. The molecule has 4 N–H and O–H groups in total. The highest BCUT2D eigenvalue weighted by molar-refractivity contribution is 14.1. The molecule has 0 spiro atoms. The Morgan fingerprint density at radius 2 is 1.64 bits per heavy atom. The molecule has 42 heavy (non-hydrogen) atoms. The van der Waals surface area contributed by atoms with Crippen molar-refractivity contribution in [1.82, 2.24) is 4.57 Å². The molecule has 0 unspecified atom stereocenters. The van der Waals surface area contributed by atoms with E-state index in [1.54, 1.807) is 30.3 Å². The fourth-order valence-corrected chi connectivity index (χ4v) is 6.27. The largest absolute Gasteiger partial charge is 0.507 e. The smallest absolute Gasteiger partial charge is 0.339 e. The Morgan fingerprint density at radius 3 is 2.43 bits per heavy atom. The van der Waals surface area contributed by atoms with Crippen molar-refractivity contribution in [1.29, 1.82) is 0 Å². The normalized spacial score (nSPS) is 12.1. The first-order valence-corrected chi connectivity index (χ1v) is 14.0. The van der Waals surface area contributed by atoms with Crippen LogP contribution >= 0.6 is 22.6 Å². The van der Waals surface area contributed by atoms with E-state index in [0.717, 1.165) is 37.4 Å². The van der Waals surface area contributed by atoms with Gasteiger partial charge in [-0.05, 0) is 58.5 Å². The van der Waals surface area contributed by atoms with Gasteiger partial charge in [0.05, 0.1) is 28.3 Å². The zero-order chi connectivity index (χ0) is 29.5. The predicted octanol–water partition coefficient (Wildman–Crippen LogP) is 6.11. The number of aliphatic imine (C=N–C) groups is 1. The van der Waals surface area contributed by atoms with Crippen molar-refractivity contribution in [2.75, 3.05) is 10.6 Å². The van der Waals surface area contributed by atoms with E-state index >= 15 is 0 Å². The van der Waals surface area contributed by atoms with Gasteiger partial charge < -0.3 is 25.4 Å². The number of rotatable bonds is 5. The number of para-hydroxylation sites is 2. The van der Waals surface area contributed by atoms with E-state index in [9.17, 15) is 24.6 Å². The van der Waals surface area contributed by atoms with Gasteiger partial charge in [0.25, 0.3) is 0 Å². The Bertz CT molecular complexity index is 1980. The maximum Gasteiger partial charge on any atom is 0.339 e. The zero-order valence-electron chi connectivity index (χ0n) is 22.2. The van der Waals surface area contributed by atoms with E-state index < -0.39 is 17.8 Å². The summed E-state index contributed by atoms with van der Waals surface area (Å²) in [6.07, 6.45) is 0.631. The summed E-state index contributed by atoms with van der Waals surface area (Å²) in [6.45, 7) is 0. The Balaban J connectivity index is 1.23. The summed E-state index contributed by atoms with van der Waals surface area (Å²) in [5, 5.41) is 25.7. The van der Waals surface area contributed by atoms with Crippen molar-refractivity contribution in [3.05, 3.63) is 105 Å². The van der Waals surface area contributed by atoms with Crippen LogP contribution in [0.4, 0.5) is 17.1 Å². The lowest BCUT2D eigenvalue weighted by Crippen LogP contribution is -2.29. The van der Waals surface area contributed by atoms with E-state index in [0.29, 0.717) is 28.7 Å². The van der Waals surface area contributed by atoms with Crippen LogP contribution in [0.15, 0.2) is 89.9 Å². The minimum atomic E-state index is -1.22. The average Bonchev–Trinajstić information content (AvgIpc) is 3.51. The number of nitrogens with zero attached hydrogens (tertiary/aromatic N) is 2. The van der Waals surface area contributed by atoms with E-state index in [1.807, 2.05) is 54.1 Å². The maximum atomic E-state index is 13.0. The van der Waals surface area contributed by atoms with Gasteiger partial charge in [0.2, 0.25) is 0 Å². The zero-order valence-corrected chi connectivity index (χ0v) is 24.3. The third-order valence-corrected chi connectivity index (χ3v) is 8.27. The van der Waals surface area contributed by atoms with Crippen LogP contribution in [-0.2, 0) is 23.1 Å². The Hall–Kier alpha value is -4.97. The van der Waals surface area contributed by atoms with Gasteiger partial charge >= 0.3 is 17.8 Å². The monoisotopic (exact) mass is 670 g/mol. The molecule has 0 fully saturated rings. The highest BCUT2D eigenvalue weighted by atomic mass is 127. The molecule has 1 aromatic heterocycles. The number of carbonyl (C=O) groups is 3. The second-order valence-electron chi connectivity index (χ2n) is 9.81. The van der Waals surface area contributed by atoms with Crippen molar-refractivity contribution < 1.29 is 24.6 Å². The number of hydrogen-bond donors (Lipinski definition) is 4. The minimum Gasteiger partial charge on any atom is -0.507 e. The summed E-state index contributed by atoms with van der Waals surface area (Å²) < 4.78 is 2.62. The highest BCUT2D eigenvalue weighted by Crippen LogP contribution is 2.38. The number of carboxylic acid groups (broad SMARTS) is 1. The molecule has 208 valence electrons. The molecule has 5 aromatic rings. The number of benzene rings is 4. The second kappa shape index (κ2) is 10.8. The van der Waals surface area contributed by atoms with Gasteiger partial charge in [0, 0.05) is 45.3 Å². The number of aryl methyl sites for hydroxylation is 1. The molecule has 1 aliphatic heterocycles. The fraction of sp³-hybridized carbons (Fsp3) is 0.0625. The molecule has 0 atom stereocenters. The number of phenols is 1. The number of aromatic carboxylic acids is 1. The van der Waals surface area contributed by atoms with Crippen LogP contribution < -0.4 is 10.6 Å². The highest BCUT2D eigenvalue weighted by Gasteiger charge is 2.22. The van der Waals surface area contributed by atoms with Gasteiger partial charge in [-0.1, -0.05) is 48.5 Å². The summed E-state index contributed by atoms with van der Waals surface area (Å²) >= 11 is 2.14. The van der Waals surface area contributed by atoms with Gasteiger partial charge in [0.1, 0.15) is 11.3 Å². The maximum absolute atomic E-state index is 13.0. The summed E-state index contributed by atoms with van der Waals surface area (Å²) in [7, 11) is 1.81. The van der Waals surface area contributed by atoms with Crippen LogP contribution in [0, 0.1) is 3.57 Å². The lowest BCUT2D eigenvalue weighted by molar-refractivity contribution is -0.132. The minimum absolute atomic E-state index is 0.185. The van der Waals surface area contributed by atoms with Crippen molar-refractivity contribution >= 4 is 74.1 Å². The van der Waals surface area contributed by atoms with E-state index in [4.69, 9.17) is 4.99 Å². The number of amides is 2. The molecule has 0 aliphatic carbocycles. The number of carboxylic acids is 1. The van der Waals surface area contributed by atoms with Gasteiger partial charge in [0.15, 0.2) is 0 Å². The standard InChI is InChI=1S/C32H23IN4O5/c1-37-26-16-27(38)22(32(41)42)15-21(26)28(33)29(37)18-8-6-9-19(13-18)34-30(39)31(40)36-24-12-5-3-10-20(24)25-14-17-7-2-4-11-23(17)35-25/h2-13,15-16,38H,14H2,1H3,(H,34,39)(H,36,40)(H,41,42). The van der Waals surface area contributed by atoms with Crippen LogP contribution in [0.1, 0.15) is 21.5 Å². The van der Waals surface area contributed by atoms with Crippen molar-refractivity contribution in [2.24, 2.45) is 12.0 Å². The molecule has 2 amide bonds. The summed E-state index contributed by atoms with van der Waals surface area (Å²) in [5.74, 6) is -3.19. The molecule has 0 bridgehead atoms. The van der Waals surface area contributed by atoms with E-state index in [2.05, 4.69) is 33.2 Å². The van der Waals surface area contributed by atoms with Gasteiger partial charge in [-0.15, -0.1) is 0 Å². The van der Waals surface area contributed by atoms with Crippen LogP contribution in [0.25, 0.3) is 22.2 Å². The molecule has 9 nitrogen and oxygen atoms in total. The number of nitrogens with one attached hydrogen (secondary N) is 2. The molecule has 6 rings (SSSR count). The Morgan fingerprint density at radius 1 is 0.905 bits per heavy atom. The van der Waals surface area contributed by atoms with Crippen molar-refractivity contribution in [2.45, 2.75) is 6.42 Å². The lowest BCUT2D eigenvalue weighted by atomic mass is 10.0. The first-order valence-electron chi connectivity index (χ1n) is 12.9. The molecule has 0 saturated heterocycles. The number of halogens is 1. The SMILES string of the molecule is Cn1c(-c2cccc(NC(=O)C(=O)Nc3ccccc3C3=Nc4ccccc4C3)c2)c(I)c2cc(C(=O)O)c(O)cc21. The van der Waals surface area contributed by atoms with Crippen LogP contribution in [-0.4, -0.2) is 38.3 Å². The molecular formula is C32H23IN4O5. The molecule has 4 aromatic carbocycles. The molecule has 2 heterocycles. The van der Waals surface area contributed by atoms with E-state index in [1.165, 1.54) is 12.1 Å². The first kappa shape index (κ1) is 27.2. The number of anilines is 2. The second-order valence-corrected chi connectivity index (χ2v) is 10.9. The van der Waals surface area contributed by atoms with Crippen molar-refractivity contribution in [3.63, 3.8) is 0 Å². The number of carbonyl (C=O) groups excluding carboxylic acids is 2. The quantitative estimate of drug-likeness (QED) is 0.132. The summed E-state index contributed by atoms with van der Waals surface area (Å²) in [5.41, 5.74) is 6.43. The van der Waals surface area contributed by atoms with Crippen LogP contribution in [0.3, 0.4) is 0 Å². The van der Waals surface area contributed by atoms with E-state index in [-0.39, 0.29) is 11.3 Å². The lowest BCUT2D eigenvalue weighted by Gasteiger charge is -2.12. The predicted molar refractivity (Wildman–Crippen MR) is 170 cm³/mol. The number of aromatic nitrogens is 1. The summed E-state index contributed by atoms with van der Waals surface area (Å²) in [4.78, 5) is 42.2. The number of fused-ring (bicyclic) bond motifs is 2. The van der Waals surface area contributed by atoms with Crippen LogP contribution in [0.2, 0.25) is 0 Å². The fourth-order valence-electron chi connectivity index (χ4n) is 5.16. The molecule has 10 heteroatoms. The number of aromatic hydroxyl groups is 1. The Labute approximate surface area is 253 Å². The number of hydrogen-bond acceptors (Lipinski definition) is 5. The van der Waals surface area contributed by atoms with Crippen LogP contribution in [0.5, 0.6) is 5.75 Å². The summed E-state index contributed by atoms with van der Waals surface area (Å²) in [6, 6.07) is 25.0. The topological polar surface area (TPSA) is 133 Å². The third kappa shape index (κ3) is 4.90. The van der Waals surface area contributed by atoms with Crippen molar-refractivity contribution in [3.8, 4) is 17.0 Å². The molecular weight excluding hydrogens is 647 g/mol. The molecule has 0 saturated carbocycles. The van der Waals surface area contributed by atoms with Gasteiger partial charge in [-0.25, -0.2) is 4.79 Å². The van der Waals surface area contributed by atoms with Gasteiger partial charge in [-0.2, -0.15) is 0 Å². The average molecular weight is 670 g/mol. The van der Waals surface area contributed by atoms with Gasteiger partial charge in [-0.3, -0.25) is 14.6 Å².